The van der Waals surface area contributed by atoms with Crippen LogP contribution in [0.3, 0.4) is 0 Å². The highest BCUT2D eigenvalue weighted by atomic mass is 35.5. The second-order valence-electron chi connectivity index (χ2n) is 8.18. The number of ether oxygens (including phenoxy) is 1. The van der Waals surface area contributed by atoms with Gasteiger partial charge in [-0.05, 0) is 56.7 Å². The molecule has 2 N–H and O–H groups in total. The monoisotopic (exact) mass is 476 g/mol. The molecule has 0 spiro atoms. The van der Waals surface area contributed by atoms with Gasteiger partial charge in [-0.2, -0.15) is 5.10 Å². The van der Waals surface area contributed by atoms with Gasteiger partial charge in [0.05, 0.1) is 19.9 Å². The summed E-state index contributed by atoms with van der Waals surface area (Å²) in [5.74, 6) is 0.141. The molecular formula is C22H25ClN4O4S. The lowest BCUT2D eigenvalue weighted by molar-refractivity contribution is 0.102. The number of halogens is 1. The third kappa shape index (κ3) is 5.87. The van der Waals surface area contributed by atoms with E-state index in [0.717, 1.165) is 5.56 Å². The topological polar surface area (TPSA) is 102 Å². The Bertz CT molecular complexity index is 1220. The minimum Gasteiger partial charge on any atom is -0.495 e. The normalized spacial score (nSPS) is 11.9. The van der Waals surface area contributed by atoms with Crippen molar-refractivity contribution < 1.29 is 17.9 Å². The van der Waals surface area contributed by atoms with Crippen molar-refractivity contribution in [1.82, 2.24) is 14.5 Å². The highest BCUT2D eigenvalue weighted by Crippen LogP contribution is 2.26. The fourth-order valence-corrected chi connectivity index (χ4v) is 4.74. The Hall–Kier alpha value is -2.88. The number of anilines is 1. The van der Waals surface area contributed by atoms with Crippen molar-refractivity contribution >= 4 is 33.3 Å². The molecule has 170 valence electrons. The van der Waals surface area contributed by atoms with Crippen LogP contribution in [0.5, 0.6) is 5.75 Å². The number of sulfonamides is 1. The van der Waals surface area contributed by atoms with Gasteiger partial charge in [0.25, 0.3) is 5.91 Å². The van der Waals surface area contributed by atoms with E-state index in [9.17, 15) is 13.2 Å². The standard InChI is InChI=1S/C22H25ClN4O4S/c1-22(2,3)26-32(29,30)19-13-16(7-10-18(19)31-4)21(28)25-20-11-12-24-27(20)14-15-5-8-17(23)9-6-15/h5-13,26H,14H2,1-4H3,(H,25,28). The van der Waals surface area contributed by atoms with Gasteiger partial charge < -0.3 is 10.1 Å². The molecule has 0 bridgehead atoms. The molecule has 0 aliphatic heterocycles. The van der Waals surface area contributed by atoms with Crippen molar-refractivity contribution in [3.8, 4) is 5.75 Å². The van der Waals surface area contributed by atoms with Crippen molar-refractivity contribution in [1.29, 1.82) is 0 Å². The van der Waals surface area contributed by atoms with Crippen molar-refractivity contribution in [3.63, 3.8) is 0 Å². The van der Waals surface area contributed by atoms with Crippen molar-refractivity contribution in [3.05, 3.63) is 70.9 Å². The van der Waals surface area contributed by atoms with Crippen LogP contribution >= 0.6 is 11.6 Å². The minimum atomic E-state index is -3.91. The lowest BCUT2D eigenvalue weighted by Gasteiger charge is -2.21. The molecule has 0 saturated heterocycles. The summed E-state index contributed by atoms with van der Waals surface area (Å²) in [5, 5.41) is 7.66. The molecule has 0 atom stereocenters. The van der Waals surface area contributed by atoms with Gasteiger partial charge in [-0.3, -0.25) is 4.79 Å². The van der Waals surface area contributed by atoms with Gasteiger partial charge in [0.1, 0.15) is 16.5 Å². The zero-order valence-corrected chi connectivity index (χ0v) is 19.8. The number of nitrogens with zero attached hydrogens (tertiary/aromatic N) is 2. The largest absolute Gasteiger partial charge is 0.495 e. The van der Waals surface area contributed by atoms with E-state index in [1.54, 1.807) is 49.8 Å². The maximum atomic E-state index is 12.9. The van der Waals surface area contributed by atoms with Crippen LogP contribution in [0.25, 0.3) is 0 Å². The molecule has 3 aromatic rings. The fraction of sp³-hybridized carbons (Fsp3) is 0.273. The molecular weight excluding hydrogens is 452 g/mol. The highest BCUT2D eigenvalue weighted by Gasteiger charge is 2.26. The predicted molar refractivity (Wildman–Crippen MR) is 124 cm³/mol. The predicted octanol–water partition coefficient (Wildman–Crippen LogP) is 3.92. The Balaban J connectivity index is 1.85. The second kappa shape index (κ2) is 9.32. The highest BCUT2D eigenvalue weighted by molar-refractivity contribution is 7.89. The quantitative estimate of drug-likeness (QED) is 0.538. The van der Waals surface area contributed by atoms with E-state index in [0.29, 0.717) is 17.4 Å². The first kappa shape index (κ1) is 23.8. The average molecular weight is 477 g/mol. The number of benzene rings is 2. The van der Waals surface area contributed by atoms with Gasteiger partial charge in [0.2, 0.25) is 10.0 Å². The Labute approximate surface area is 192 Å². The number of aromatic nitrogens is 2. The molecule has 1 amide bonds. The summed E-state index contributed by atoms with van der Waals surface area (Å²) < 4.78 is 35.1. The molecule has 32 heavy (non-hydrogen) atoms. The minimum absolute atomic E-state index is 0.114. The first-order valence-electron chi connectivity index (χ1n) is 9.78. The summed E-state index contributed by atoms with van der Waals surface area (Å²) in [4.78, 5) is 12.8. The van der Waals surface area contributed by atoms with Gasteiger partial charge in [-0.15, -0.1) is 0 Å². The molecule has 2 aromatic carbocycles. The molecule has 3 rings (SSSR count). The number of hydrogen-bond donors (Lipinski definition) is 2. The zero-order valence-electron chi connectivity index (χ0n) is 18.2. The van der Waals surface area contributed by atoms with E-state index in [4.69, 9.17) is 16.3 Å². The lowest BCUT2D eigenvalue weighted by atomic mass is 10.1. The van der Waals surface area contributed by atoms with Gasteiger partial charge in [-0.1, -0.05) is 23.7 Å². The van der Waals surface area contributed by atoms with E-state index in [2.05, 4.69) is 15.1 Å². The summed E-state index contributed by atoms with van der Waals surface area (Å²) in [6.07, 6.45) is 1.57. The van der Waals surface area contributed by atoms with Crippen LogP contribution in [-0.4, -0.2) is 36.8 Å². The van der Waals surface area contributed by atoms with Crippen LogP contribution < -0.4 is 14.8 Å². The van der Waals surface area contributed by atoms with Crippen LogP contribution in [0.4, 0.5) is 5.82 Å². The van der Waals surface area contributed by atoms with E-state index >= 15 is 0 Å². The summed E-state index contributed by atoms with van der Waals surface area (Å²) in [7, 11) is -2.54. The maximum absolute atomic E-state index is 12.9. The fourth-order valence-electron chi connectivity index (χ4n) is 3.00. The molecule has 1 heterocycles. The maximum Gasteiger partial charge on any atom is 0.256 e. The molecule has 0 aliphatic rings. The van der Waals surface area contributed by atoms with Crippen molar-refractivity contribution in [2.45, 2.75) is 37.8 Å². The summed E-state index contributed by atoms with van der Waals surface area (Å²) in [6, 6.07) is 13.2. The molecule has 8 nitrogen and oxygen atoms in total. The van der Waals surface area contributed by atoms with Crippen LogP contribution in [-0.2, 0) is 16.6 Å². The molecule has 0 aliphatic carbocycles. The van der Waals surface area contributed by atoms with E-state index in [1.807, 2.05) is 12.1 Å². The first-order valence-corrected chi connectivity index (χ1v) is 11.6. The van der Waals surface area contributed by atoms with Gasteiger partial charge in [0, 0.05) is 22.2 Å². The number of nitrogens with one attached hydrogen (secondary N) is 2. The van der Waals surface area contributed by atoms with Crippen LogP contribution in [0.1, 0.15) is 36.7 Å². The number of hydrogen-bond acceptors (Lipinski definition) is 5. The Morgan fingerprint density at radius 3 is 2.44 bits per heavy atom. The van der Waals surface area contributed by atoms with Gasteiger partial charge in [0.15, 0.2) is 0 Å². The lowest BCUT2D eigenvalue weighted by Crippen LogP contribution is -2.40. The number of rotatable bonds is 7. The number of methoxy groups -OCH3 is 1. The number of carbonyl (C=O) groups excluding carboxylic acids is 1. The van der Waals surface area contributed by atoms with E-state index < -0.39 is 21.5 Å². The number of carbonyl (C=O) groups is 1. The third-order valence-corrected chi connectivity index (χ3v) is 6.39. The Morgan fingerprint density at radius 2 is 1.81 bits per heavy atom. The third-order valence-electron chi connectivity index (χ3n) is 4.36. The van der Waals surface area contributed by atoms with Gasteiger partial charge >= 0.3 is 0 Å². The summed E-state index contributed by atoms with van der Waals surface area (Å²) in [5.41, 5.74) is 0.426. The first-order chi connectivity index (χ1) is 15.0. The molecule has 1 aromatic heterocycles. The van der Waals surface area contributed by atoms with E-state index in [-0.39, 0.29) is 16.2 Å². The summed E-state index contributed by atoms with van der Waals surface area (Å²) >= 11 is 5.93. The molecule has 0 fully saturated rings. The van der Waals surface area contributed by atoms with Crippen LogP contribution in [0.15, 0.2) is 59.6 Å². The van der Waals surface area contributed by atoms with Crippen LogP contribution in [0, 0.1) is 0 Å². The average Bonchev–Trinajstić information content (AvgIpc) is 3.14. The van der Waals surface area contributed by atoms with Crippen molar-refractivity contribution in [2.24, 2.45) is 0 Å². The molecule has 10 heteroatoms. The van der Waals surface area contributed by atoms with Crippen LogP contribution in [0.2, 0.25) is 5.02 Å². The SMILES string of the molecule is COc1ccc(C(=O)Nc2ccnn2Cc2ccc(Cl)cc2)cc1S(=O)(=O)NC(C)(C)C. The van der Waals surface area contributed by atoms with Gasteiger partial charge in [-0.25, -0.2) is 17.8 Å². The second-order valence-corrected chi connectivity index (χ2v) is 10.3. The molecule has 0 radical (unpaired) electrons. The molecule has 0 saturated carbocycles. The Morgan fingerprint density at radius 1 is 1.12 bits per heavy atom. The van der Waals surface area contributed by atoms with Crippen molar-refractivity contribution in [2.75, 3.05) is 12.4 Å². The Kier molecular flexibility index (Phi) is 6.92. The summed E-state index contributed by atoms with van der Waals surface area (Å²) in [6.45, 7) is 5.62. The van der Waals surface area contributed by atoms with E-state index in [1.165, 1.54) is 25.3 Å². The molecule has 0 unspecified atom stereocenters. The zero-order chi connectivity index (χ0) is 23.5. The number of amides is 1. The smallest absolute Gasteiger partial charge is 0.256 e.